The molecule has 0 radical (unpaired) electrons. The molecule has 0 aliphatic carbocycles. The van der Waals surface area contributed by atoms with Gasteiger partial charge in [-0.3, -0.25) is 0 Å². The summed E-state index contributed by atoms with van der Waals surface area (Å²) >= 11 is 0. The number of hydrogen-bond acceptors (Lipinski definition) is 1. The zero-order chi connectivity index (χ0) is 11.1. The minimum atomic E-state index is -5.10. The quantitative estimate of drug-likeness (QED) is 0.666. The van der Waals surface area contributed by atoms with Crippen molar-refractivity contribution in [3.8, 4) is 0 Å². The Labute approximate surface area is 73.9 Å². The van der Waals surface area contributed by atoms with Crippen molar-refractivity contribution in [3.63, 3.8) is 0 Å². The van der Waals surface area contributed by atoms with Crippen LogP contribution in [0, 0.1) is 6.92 Å². The van der Waals surface area contributed by atoms with Crippen LogP contribution in [0.1, 0.15) is 17.2 Å². The first-order valence-electron chi connectivity index (χ1n) is 3.33. The molecular weight excluding hydrogens is 214 g/mol. The van der Waals surface area contributed by atoms with Crippen molar-refractivity contribution in [2.24, 2.45) is 0 Å². The minimum absolute atomic E-state index is 0.426. The standard InChI is InChI=1S/C6H4F6N2/c1-2-13-3(5(7,8)9)4(14-2)6(10,11)12/h1H3,(H,13,14). The van der Waals surface area contributed by atoms with E-state index in [2.05, 4.69) is 4.98 Å². The van der Waals surface area contributed by atoms with Crippen LogP contribution in [-0.4, -0.2) is 9.97 Å². The molecule has 0 spiro atoms. The Bertz CT molecular complexity index is 302. The van der Waals surface area contributed by atoms with E-state index in [9.17, 15) is 26.3 Å². The SMILES string of the molecule is Cc1nc(C(F)(F)F)c(C(F)(F)F)[nH]1. The van der Waals surface area contributed by atoms with E-state index in [1.54, 1.807) is 0 Å². The Morgan fingerprint density at radius 3 is 1.79 bits per heavy atom. The Morgan fingerprint density at radius 2 is 1.50 bits per heavy atom. The second kappa shape index (κ2) is 2.89. The molecule has 0 amide bonds. The van der Waals surface area contributed by atoms with Crippen LogP contribution in [0.5, 0.6) is 0 Å². The van der Waals surface area contributed by atoms with Crippen molar-refractivity contribution in [3.05, 3.63) is 17.2 Å². The lowest BCUT2D eigenvalue weighted by atomic mass is 10.3. The predicted octanol–water partition coefficient (Wildman–Crippen LogP) is 2.76. The number of aromatic nitrogens is 2. The molecule has 0 aliphatic rings. The molecule has 14 heavy (non-hydrogen) atoms. The molecule has 2 nitrogen and oxygen atoms in total. The predicted molar refractivity (Wildman–Crippen MR) is 33.3 cm³/mol. The third-order valence-corrected chi connectivity index (χ3v) is 1.37. The van der Waals surface area contributed by atoms with Gasteiger partial charge in [0.1, 0.15) is 5.82 Å². The highest BCUT2D eigenvalue weighted by atomic mass is 19.4. The lowest BCUT2D eigenvalue weighted by molar-refractivity contribution is -0.165. The molecule has 1 heterocycles. The van der Waals surface area contributed by atoms with Crippen molar-refractivity contribution < 1.29 is 26.3 Å². The van der Waals surface area contributed by atoms with Crippen LogP contribution in [0.15, 0.2) is 0 Å². The summed E-state index contributed by atoms with van der Waals surface area (Å²) in [4.78, 5) is 4.28. The van der Waals surface area contributed by atoms with E-state index in [1.165, 1.54) is 4.98 Å². The Hall–Kier alpha value is -1.21. The molecule has 0 saturated heterocycles. The normalized spacial score (nSPS) is 13.4. The number of nitrogens with one attached hydrogen (secondary N) is 1. The van der Waals surface area contributed by atoms with Gasteiger partial charge in [0.2, 0.25) is 0 Å². The fourth-order valence-corrected chi connectivity index (χ4v) is 0.902. The summed E-state index contributed by atoms with van der Waals surface area (Å²) in [6, 6.07) is 0. The summed E-state index contributed by atoms with van der Waals surface area (Å²) in [5, 5.41) is 0. The zero-order valence-corrected chi connectivity index (χ0v) is 6.72. The number of H-pyrrole nitrogens is 1. The number of nitrogens with zero attached hydrogens (tertiary/aromatic N) is 1. The van der Waals surface area contributed by atoms with Crippen molar-refractivity contribution in [2.45, 2.75) is 19.3 Å². The first-order chi connectivity index (χ1) is 6.12. The van der Waals surface area contributed by atoms with Gasteiger partial charge in [0.05, 0.1) is 0 Å². The number of alkyl halides is 6. The Balaban J connectivity index is 3.31. The van der Waals surface area contributed by atoms with Gasteiger partial charge < -0.3 is 4.98 Å². The molecule has 0 atom stereocenters. The lowest BCUT2D eigenvalue weighted by Gasteiger charge is -2.08. The zero-order valence-electron chi connectivity index (χ0n) is 6.72. The van der Waals surface area contributed by atoms with E-state index >= 15 is 0 Å². The number of imidazole rings is 1. The van der Waals surface area contributed by atoms with Crippen LogP contribution in [0.25, 0.3) is 0 Å². The van der Waals surface area contributed by atoms with Gasteiger partial charge in [-0.2, -0.15) is 26.3 Å². The molecule has 0 unspecified atom stereocenters. The molecule has 0 bridgehead atoms. The summed E-state index contributed by atoms with van der Waals surface area (Å²) in [6.07, 6.45) is -10.2. The van der Waals surface area contributed by atoms with Gasteiger partial charge in [0.15, 0.2) is 11.4 Å². The summed E-state index contributed by atoms with van der Waals surface area (Å²) in [5.41, 5.74) is -3.79. The summed E-state index contributed by atoms with van der Waals surface area (Å²) in [6.45, 7) is 1.02. The summed E-state index contributed by atoms with van der Waals surface area (Å²) in [7, 11) is 0. The Morgan fingerprint density at radius 1 is 1.00 bits per heavy atom. The van der Waals surface area contributed by atoms with Crippen molar-refractivity contribution >= 4 is 0 Å². The van der Waals surface area contributed by atoms with Crippen LogP contribution < -0.4 is 0 Å². The number of halogens is 6. The fourth-order valence-electron chi connectivity index (χ4n) is 0.902. The third kappa shape index (κ3) is 1.99. The molecule has 1 N–H and O–H groups in total. The van der Waals surface area contributed by atoms with E-state index < -0.39 is 29.6 Å². The molecule has 1 rings (SSSR count). The minimum Gasteiger partial charge on any atom is -0.338 e. The topological polar surface area (TPSA) is 28.7 Å². The number of rotatable bonds is 0. The molecular formula is C6H4F6N2. The van der Waals surface area contributed by atoms with Gasteiger partial charge in [0, 0.05) is 0 Å². The molecule has 1 aromatic heterocycles. The van der Waals surface area contributed by atoms with Gasteiger partial charge in [-0.05, 0) is 6.92 Å². The van der Waals surface area contributed by atoms with Gasteiger partial charge in [-0.1, -0.05) is 0 Å². The van der Waals surface area contributed by atoms with E-state index in [-0.39, 0.29) is 0 Å². The van der Waals surface area contributed by atoms with E-state index in [0.717, 1.165) is 6.92 Å². The van der Waals surface area contributed by atoms with Gasteiger partial charge >= 0.3 is 12.4 Å². The van der Waals surface area contributed by atoms with Crippen LogP contribution >= 0.6 is 0 Å². The van der Waals surface area contributed by atoms with Gasteiger partial charge in [-0.15, -0.1) is 0 Å². The smallest absolute Gasteiger partial charge is 0.338 e. The molecule has 0 fully saturated rings. The van der Waals surface area contributed by atoms with Crippen molar-refractivity contribution in [2.75, 3.05) is 0 Å². The lowest BCUT2D eigenvalue weighted by Crippen LogP contribution is -2.16. The highest BCUT2D eigenvalue weighted by Gasteiger charge is 2.46. The van der Waals surface area contributed by atoms with Crippen LogP contribution in [0.3, 0.4) is 0 Å². The molecule has 0 aromatic carbocycles. The summed E-state index contributed by atoms with van der Waals surface area (Å²) in [5.74, 6) is -0.426. The average molecular weight is 218 g/mol. The fraction of sp³-hybridized carbons (Fsp3) is 0.500. The second-order valence-corrected chi connectivity index (χ2v) is 2.54. The van der Waals surface area contributed by atoms with Gasteiger partial charge in [0.25, 0.3) is 0 Å². The highest BCUT2D eigenvalue weighted by Crippen LogP contribution is 2.38. The van der Waals surface area contributed by atoms with Crippen molar-refractivity contribution in [1.82, 2.24) is 9.97 Å². The molecule has 1 aromatic rings. The number of aromatic amines is 1. The number of aryl methyl sites for hydroxylation is 1. The molecule has 80 valence electrons. The highest BCUT2D eigenvalue weighted by molar-refractivity contribution is 5.20. The van der Waals surface area contributed by atoms with Crippen molar-refractivity contribution in [1.29, 1.82) is 0 Å². The van der Waals surface area contributed by atoms with E-state index in [4.69, 9.17) is 0 Å². The molecule has 0 saturated carbocycles. The largest absolute Gasteiger partial charge is 0.435 e. The van der Waals surface area contributed by atoms with Crippen LogP contribution in [0.4, 0.5) is 26.3 Å². The average Bonchev–Trinajstić information content (AvgIpc) is 2.27. The van der Waals surface area contributed by atoms with Gasteiger partial charge in [-0.25, -0.2) is 4.98 Å². The third-order valence-electron chi connectivity index (χ3n) is 1.37. The maximum atomic E-state index is 12.0. The molecule has 0 aliphatic heterocycles. The Kier molecular flexibility index (Phi) is 2.24. The first-order valence-corrected chi connectivity index (χ1v) is 3.33. The summed E-state index contributed by atoms with van der Waals surface area (Å²) < 4.78 is 72.1. The first kappa shape index (κ1) is 10.9. The second-order valence-electron chi connectivity index (χ2n) is 2.54. The maximum Gasteiger partial charge on any atom is 0.435 e. The number of hydrogen-bond donors (Lipinski definition) is 1. The van der Waals surface area contributed by atoms with Crippen LogP contribution in [-0.2, 0) is 12.4 Å². The van der Waals surface area contributed by atoms with E-state index in [0.29, 0.717) is 0 Å². The molecule has 8 heteroatoms. The van der Waals surface area contributed by atoms with Crippen LogP contribution in [0.2, 0.25) is 0 Å². The monoisotopic (exact) mass is 218 g/mol. The van der Waals surface area contributed by atoms with E-state index in [1.807, 2.05) is 0 Å². The maximum absolute atomic E-state index is 12.0.